The molecule has 0 radical (unpaired) electrons. The van der Waals surface area contributed by atoms with Crippen LogP contribution in [0.5, 0.6) is 0 Å². The molecule has 0 amide bonds. The zero-order valence-electron chi connectivity index (χ0n) is 20.4. The summed E-state index contributed by atoms with van der Waals surface area (Å²) in [6.45, 7) is 0.591. The van der Waals surface area contributed by atoms with E-state index in [9.17, 15) is 8.42 Å². The molecule has 37 heavy (non-hydrogen) atoms. The van der Waals surface area contributed by atoms with Crippen molar-refractivity contribution >= 4 is 32.2 Å². The molecule has 0 saturated carbocycles. The van der Waals surface area contributed by atoms with Crippen molar-refractivity contribution in [2.45, 2.75) is 18.0 Å². The monoisotopic (exact) mass is 525 g/mol. The summed E-state index contributed by atoms with van der Waals surface area (Å²) in [4.78, 5) is 7.87. The summed E-state index contributed by atoms with van der Waals surface area (Å²) in [6, 6.07) is 36.5. The van der Waals surface area contributed by atoms with Crippen molar-refractivity contribution in [2.75, 3.05) is 11.9 Å². The van der Waals surface area contributed by atoms with Crippen molar-refractivity contribution in [3.8, 4) is 10.4 Å². The third-order valence-corrected chi connectivity index (χ3v) is 9.03. The highest BCUT2D eigenvalue weighted by Crippen LogP contribution is 2.34. The van der Waals surface area contributed by atoms with Crippen LogP contribution < -0.4 is 4.90 Å². The molecule has 1 aromatic heterocycles. The number of nitrogens with zero attached hydrogens (tertiary/aromatic N) is 3. The molecule has 5 nitrogen and oxygen atoms in total. The summed E-state index contributed by atoms with van der Waals surface area (Å²) >= 11 is 1.57. The van der Waals surface area contributed by atoms with Gasteiger partial charge in [-0.25, -0.2) is 13.4 Å². The standard InChI is InChI=1S/C30H27N3O2S2/c1-32(27-15-9-4-10-16-27)30-31-21-29(36-30)26-17-19-28(20-18-26)37(34,35)33(22-24-11-5-2-6-12-24)23-25-13-7-3-8-14-25/h2-21H,22-23H2,1H3. The van der Waals surface area contributed by atoms with Gasteiger partial charge in [0, 0.05) is 32.0 Å². The summed E-state index contributed by atoms with van der Waals surface area (Å²) < 4.78 is 29.0. The molecule has 0 unspecified atom stereocenters. The lowest BCUT2D eigenvalue weighted by Crippen LogP contribution is -2.30. The maximum Gasteiger partial charge on any atom is 0.243 e. The molecule has 0 aliphatic carbocycles. The minimum absolute atomic E-state index is 0.272. The van der Waals surface area contributed by atoms with Gasteiger partial charge in [-0.15, -0.1) is 0 Å². The summed E-state index contributed by atoms with van der Waals surface area (Å²) in [5.74, 6) is 0. The molecule has 5 rings (SSSR count). The van der Waals surface area contributed by atoms with Crippen LogP contribution in [0.2, 0.25) is 0 Å². The van der Waals surface area contributed by atoms with Gasteiger partial charge >= 0.3 is 0 Å². The van der Waals surface area contributed by atoms with Crippen molar-refractivity contribution in [3.05, 3.63) is 133 Å². The van der Waals surface area contributed by atoms with Crippen LogP contribution in [0.25, 0.3) is 10.4 Å². The molecule has 4 aromatic carbocycles. The number of hydrogen-bond donors (Lipinski definition) is 0. The largest absolute Gasteiger partial charge is 0.321 e. The fourth-order valence-electron chi connectivity index (χ4n) is 4.06. The number of sulfonamides is 1. The van der Waals surface area contributed by atoms with E-state index in [0.29, 0.717) is 13.1 Å². The van der Waals surface area contributed by atoms with E-state index in [1.807, 2.05) is 121 Å². The Morgan fingerprint density at radius 3 is 1.76 bits per heavy atom. The zero-order valence-corrected chi connectivity index (χ0v) is 22.1. The van der Waals surface area contributed by atoms with E-state index in [2.05, 4.69) is 4.98 Å². The van der Waals surface area contributed by atoms with Crippen molar-refractivity contribution in [1.82, 2.24) is 9.29 Å². The van der Waals surface area contributed by atoms with Gasteiger partial charge < -0.3 is 4.90 Å². The highest BCUT2D eigenvalue weighted by Gasteiger charge is 2.25. The first kappa shape index (κ1) is 24.9. The number of hydrogen-bond acceptors (Lipinski definition) is 5. The Balaban J connectivity index is 1.39. The van der Waals surface area contributed by atoms with Gasteiger partial charge in [-0.1, -0.05) is 102 Å². The number of thiazole rings is 1. The fourth-order valence-corrected chi connectivity index (χ4v) is 6.38. The average molecular weight is 526 g/mol. The maximum atomic E-state index is 13.7. The number of para-hydroxylation sites is 1. The SMILES string of the molecule is CN(c1ccccc1)c1ncc(-c2ccc(S(=O)(=O)N(Cc3ccccc3)Cc3ccccc3)cc2)s1. The molecular formula is C30H27N3O2S2. The predicted octanol–water partition coefficient (Wildman–Crippen LogP) is 6.97. The molecule has 186 valence electrons. The molecule has 0 aliphatic rings. The second-order valence-electron chi connectivity index (χ2n) is 8.67. The average Bonchev–Trinajstić information content (AvgIpc) is 3.44. The van der Waals surface area contributed by atoms with Gasteiger partial charge in [0.2, 0.25) is 10.0 Å². The second-order valence-corrected chi connectivity index (χ2v) is 11.6. The van der Waals surface area contributed by atoms with Gasteiger partial charge in [0.1, 0.15) is 0 Å². The summed E-state index contributed by atoms with van der Waals surface area (Å²) in [7, 11) is -1.74. The van der Waals surface area contributed by atoms with Gasteiger partial charge in [0.05, 0.1) is 9.77 Å². The third-order valence-electron chi connectivity index (χ3n) is 6.10. The second kappa shape index (κ2) is 11.1. The molecule has 5 aromatic rings. The van der Waals surface area contributed by atoms with E-state index in [-0.39, 0.29) is 4.90 Å². The van der Waals surface area contributed by atoms with E-state index in [1.54, 1.807) is 23.5 Å². The molecule has 0 spiro atoms. The minimum Gasteiger partial charge on any atom is -0.321 e. The lowest BCUT2D eigenvalue weighted by molar-refractivity contribution is 0.401. The Kier molecular flexibility index (Phi) is 7.46. The highest BCUT2D eigenvalue weighted by atomic mass is 32.2. The minimum atomic E-state index is -3.73. The molecular weight excluding hydrogens is 498 g/mol. The number of anilines is 2. The van der Waals surface area contributed by atoms with E-state index < -0.39 is 10.0 Å². The third kappa shape index (κ3) is 5.80. The van der Waals surface area contributed by atoms with Crippen LogP contribution in [-0.2, 0) is 23.1 Å². The van der Waals surface area contributed by atoms with Gasteiger partial charge in [0.25, 0.3) is 0 Å². The Hall–Kier alpha value is -3.78. The highest BCUT2D eigenvalue weighted by molar-refractivity contribution is 7.89. The quantitative estimate of drug-likeness (QED) is 0.209. The van der Waals surface area contributed by atoms with Crippen LogP contribution in [-0.4, -0.2) is 24.8 Å². The summed E-state index contributed by atoms with van der Waals surface area (Å²) in [5, 5.41) is 0.870. The Morgan fingerprint density at radius 1 is 0.703 bits per heavy atom. The van der Waals surface area contributed by atoms with Crippen molar-refractivity contribution < 1.29 is 8.42 Å². The van der Waals surface area contributed by atoms with E-state index >= 15 is 0 Å². The van der Waals surface area contributed by atoms with E-state index in [4.69, 9.17) is 0 Å². The van der Waals surface area contributed by atoms with Gasteiger partial charge in [-0.3, -0.25) is 0 Å². The Labute approximate surface area is 222 Å². The molecule has 0 aliphatic heterocycles. The van der Waals surface area contributed by atoms with E-state index in [0.717, 1.165) is 32.4 Å². The Morgan fingerprint density at radius 2 is 1.22 bits per heavy atom. The molecule has 1 heterocycles. The lowest BCUT2D eigenvalue weighted by atomic mass is 10.2. The lowest BCUT2D eigenvalue weighted by Gasteiger charge is -2.23. The molecule has 0 atom stereocenters. The molecule has 0 fully saturated rings. The Bertz CT molecular complexity index is 1500. The van der Waals surface area contributed by atoms with Crippen LogP contribution in [0.15, 0.2) is 126 Å². The van der Waals surface area contributed by atoms with Crippen LogP contribution in [0.1, 0.15) is 11.1 Å². The van der Waals surface area contributed by atoms with E-state index in [1.165, 1.54) is 4.31 Å². The van der Waals surface area contributed by atoms with Gasteiger partial charge in [-0.05, 0) is 41.0 Å². The zero-order chi connectivity index (χ0) is 25.7. The predicted molar refractivity (Wildman–Crippen MR) is 151 cm³/mol. The number of aromatic nitrogens is 1. The molecule has 0 N–H and O–H groups in total. The molecule has 0 saturated heterocycles. The summed E-state index contributed by atoms with van der Waals surface area (Å²) in [5.41, 5.74) is 3.88. The number of rotatable bonds is 9. The fraction of sp³-hybridized carbons (Fsp3) is 0.100. The summed E-state index contributed by atoms with van der Waals surface area (Å²) in [6.07, 6.45) is 1.83. The first-order valence-corrected chi connectivity index (χ1v) is 14.2. The topological polar surface area (TPSA) is 53.5 Å². The van der Waals surface area contributed by atoms with Crippen LogP contribution in [0, 0.1) is 0 Å². The van der Waals surface area contributed by atoms with Crippen molar-refractivity contribution in [1.29, 1.82) is 0 Å². The normalized spacial score (nSPS) is 11.5. The van der Waals surface area contributed by atoms with Crippen LogP contribution in [0.4, 0.5) is 10.8 Å². The number of benzene rings is 4. The van der Waals surface area contributed by atoms with Gasteiger partial charge in [0.15, 0.2) is 5.13 Å². The smallest absolute Gasteiger partial charge is 0.243 e. The molecule has 0 bridgehead atoms. The van der Waals surface area contributed by atoms with Crippen molar-refractivity contribution in [3.63, 3.8) is 0 Å². The van der Waals surface area contributed by atoms with Gasteiger partial charge in [-0.2, -0.15) is 4.31 Å². The first-order chi connectivity index (χ1) is 18.0. The van der Waals surface area contributed by atoms with Crippen LogP contribution >= 0.6 is 11.3 Å². The van der Waals surface area contributed by atoms with Crippen molar-refractivity contribution in [2.24, 2.45) is 0 Å². The van der Waals surface area contributed by atoms with Crippen LogP contribution in [0.3, 0.4) is 0 Å². The molecule has 7 heteroatoms. The maximum absolute atomic E-state index is 13.7. The first-order valence-electron chi connectivity index (χ1n) is 11.9.